The maximum absolute atomic E-state index is 12.2. The number of aryl methyl sites for hydroxylation is 1. The quantitative estimate of drug-likeness (QED) is 0.404. The molecule has 1 N–H and O–H groups in total. The Morgan fingerprint density at radius 1 is 1.43 bits per heavy atom. The van der Waals surface area contributed by atoms with Crippen molar-refractivity contribution in [2.75, 3.05) is 5.32 Å². The summed E-state index contributed by atoms with van der Waals surface area (Å²) in [5, 5.41) is 22.5. The van der Waals surface area contributed by atoms with Crippen LogP contribution in [0, 0.1) is 28.4 Å². The number of benzene rings is 1. The van der Waals surface area contributed by atoms with Crippen LogP contribution in [0.5, 0.6) is 0 Å². The zero-order valence-corrected chi connectivity index (χ0v) is 12.2. The summed E-state index contributed by atoms with van der Waals surface area (Å²) in [5.74, 6) is -0.639. The maximum Gasteiger partial charge on any atom is 0.271 e. The summed E-state index contributed by atoms with van der Waals surface area (Å²) in [6, 6.07) is 9.34. The summed E-state index contributed by atoms with van der Waals surface area (Å²) in [5.41, 5.74) is 1.29. The fourth-order valence-corrected chi connectivity index (χ4v) is 1.82. The molecule has 114 valence electrons. The van der Waals surface area contributed by atoms with Gasteiger partial charge in [-0.3, -0.25) is 19.9 Å². The van der Waals surface area contributed by atoms with Crippen LogP contribution in [0.15, 0.2) is 48.3 Å². The van der Waals surface area contributed by atoms with Crippen molar-refractivity contribution in [1.29, 1.82) is 5.26 Å². The number of carbonyl (C=O) groups is 1. The molecule has 0 aliphatic heterocycles. The van der Waals surface area contributed by atoms with Crippen molar-refractivity contribution in [3.63, 3.8) is 0 Å². The first-order valence-electron chi connectivity index (χ1n) is 6.59. The van der Waals surface area contributed by atoms with E-state index in [1.165, 1.54) is 30.5 Å². The van der Waals surface area contributed by atoms with Gasteiger partial charge in [0.2, 0.25) is 0 Å². The van der Waals surface area contributed by atoms with Gasteiger partial charge in [-0.25, -0.2) is 0 Å². The number of anilines is 1. The lowest BCUT2D eigenvalue weighted by molar-refractivity contribution is -0.384. The highest BCUT2D eigenvalue weighted by Gasteiger charge is 2.14. The molecule has 0 atom stereocenters. The van der Waals surface area contributed by atoms with Gasteiger partial charge in [-0.1, -0.05) is 12.1 Å². The zero-order chi connectivity index (χ0) is 16.8. The third-order valence-corrected chi connectivity index (χ3v) is 3.04. The van der Waals surface area contributed by atoms with Gasteiger partial charge in [0.25, 0.3) is 11.6 Å². The van der Waals surface area contributed by atoms with Gasteiger partial charge in [0.15, 0.2) is 0 Å². The van der Waals surface area contributed by atoms with Crippen molar-refractivity contribution < 1.29 is 9.72 Å². The number of carbonyl (C=O) groups excluding carboxylic acids is 1. The van der Waals surface area contributed by atoms with Crippen molar-refractivity contribution in [2.45, 2.75) is 6.92 Å². The summed E-state index contributed by atoms with van der Waals surface area (Å²) >= 11 is 0. The number of amides is 1. The van der Waals surface area contributed by atoms with Crippen molar-refractivity contribution in [2.24, 2.45) is 0 Å². The van der Waals surface area contributed by atoms with E-state index < -0.39 is 10.8 Å². The van der Waals surface area contributed by atoms with Gasteiger partial charge >= 0.3 is 0 Å². The van der Waals surface area contributed by atoms with Crippen molar-refractivity contribution in [3.8, 4) is 6.07 Å². The van der Waals surface area contributed by atoms with Gasteiger partial charge in [0.05, 0.1) is 10.6 Å². The number of nitro groups is 1. The average Bonchev–Trinajstić information content (AvgIpc) is 2.55. The minimum atomic E-state index is -0.639. The molecule has 0 unspecified atom stereocenters. The SMILES string of the molecule is Cc1ccc([N+](=O)[O-])cc1NC(=O)/C(C#N)=C/c1cccnc1. The number of nitriles is 1. The van der Waals surface area contributed by atoms with Gasteiger partial charge in [-0.05, 0) is 30.2 Å². The van der Waals surface area contributed by atoms with Crippen LogP contribution in [0.2, 0.25) is 0 Å². The summed E-state index contributed by atoms with van der Waals surface area (Å²) in [6.45, 7) is 1.70. The predicted molar refractivity (Wildman–Crippen MR) is 84.3 cm³/mol. The second-order valence-electron chi connectivity index (χ2n) is 4.67. The Labute approximate surface area is 132 Å². The molecule has 7 nitrogen and oxygen atoms in total. The molecule has 0 spiro atoms. The van der Waals surface area contributed by atoms with Crippen LogP contribution in [0.4, 0.5) is 11.4 Å². The van der Waals surface area contributed by atoms with Gasteiger partial charge in [-0.15, -0.1) is 0 Å². The Balaban J connectivity index is 2.27. The number of rotatable bonds is 4. The lowest BCUT2D eigenvalue weighted by atomic mass is 10.1. The number of non-ortho nitro benzene ring substituents is 1. The lowest BCUT2D eigenvalue weighted by Gasteiger charge is -2.07. The standard InChI is InChI=1S/C16H12N4O3/c1-11-4-5-14(20(22)23)8-15(11)19-16(21)13(9-17)7-12-3-2-6-18-10-12/h2-8,10H,1H3,(H,19,21)/b13-7+. The molecule has 1 aromatic carbocycles. The van der Waals surface area contributed by atoms with E-state index in [1.807, 2.05) is 6.07 Å². The Morgan fingerprint density at radius 2 is 2.22 bits per heavy atom. The molecule has 23 heavy (non-hydrogen) atoms. The molecule has 0 bridgehead atoms. The van der Waals surface area contributed by atoms with Crippen molar-refractivity contribution in [3.05, 3.63) is 69.5 Å². The molecular weight excluding hydrogens is 296 g/mol. The molecule has 2 rings (SSSR count). The molecular formula is C16H12N4O3. The second kappa shape index (κ2) is 6.95. The van der Waals surface area contributed by atoms with Crippen LogP contribution >= 0.6 is 0 Å². The first-order valence-corrected chi connectivity index (χ1v) is 6.59. The first-order chi connectivity index (χ1) is 11.0. The summed E-state index contributed by atoms with van der Waals surface area (Å²) in [4.78, 5) is 26.3. The highest BCUT2D eigenvalue weighted by atomic mass is 16.6. The molecule has 2 aromatic rings. The van der Waals surface area contributed by atoms with E-state index in [9.17, 15) is 14.9 Å². The summed E-state index contributed by atoms with van der Waals surface area (Å²) in [6.07, 6.45) is 4.49. The largest absolute Gasteiger partial charge is 0.321 e. The van der Waals surface area contributed by atoms with Gasteiger partial charge in [-0.2, -0.15) is 5.26 Å². The third kappa shape index (κ3) is 3.98. The average molecular weight is 308 g/mol. The third-order valence-electron chi connectivity index (χ3n) is 3.04. The maximum atomic E-state index is 12.2. The molecule has 0 saturated carbocycles. The highest BCUT2D eigenvalue weighted by molar-refractivity contribution is 6.10. The second-order valence-corrected chi connectivity index (χ2v) is 4.67. The number of nitrogens with zero attached hydrogens (tertiary/aromatic N) is 3. The number of aromatic nitrogens is 1. The predicted octanol–water partition coefficient (Wildman–Crippen LogP) is 2.84. The van der Waals surface area contributed by atoms with Crippen LogP contribution in [-0.2, 0) is 4.79 Å². The Morgan fingerprint density at radius 3 is 2.83 bits per heavy atom. The number of nitrogens with one attached hydrogen (secondary N) is 1. The molecule has 0 radical (unpaired) electrons. The number of hydrogen-bond donors (Lipinski definition) is 1. The molecule has 1 amide bonds. The number of pyridine rings is 1. The number of hydrogen-bond acceptors (Lipinski definition) is 5. The minimum absolute atomic E-state index is 0.121. The zero-order valence-electron chi connectivity index (χ0n) is 12.2. The van der Waals surface area contributed by atoms with E-state index in [2.05, 4.69) is 10.3 Å². The van der Waals surface area contributed by atoms with Crippen LogP contribution in [0.1, 0.15) is 11.1 Å². The van der Waals surface area contributed by atoms with E-state index in [4.69, 9.17) is 5.26 Å². The molecule has 0 saturated heterocycles. The van der Waals surface area contributed by atoms with Gasteiger partial charge < -0.3 is 5.32 Å². The topological polar surface area (TPSA) is 109 Å². The molecule has 1 heterocycles. The first kappa shape index (κ1) is 15.9. The van der Waals surface area contributed by atoms with E-state index >= 15 is 0 Å². The lowest BCUT2D eigenvalue weighted by Crippen LogP contribution is -2.14. The molecule has 1 aromatic heterocycles. The normalized spacial score (nSPS) is 10.7. The van der Waals surface area contributed by atoms with E-state index in [0.29, 0.717) is 11.1 Å². The van der Waals surface area contributed by atoms with E-state index in [-0.39, 0.29) is 16.9 Å². The Hall–Kier alpha value is -3.53. The van der Waals surface area contributed by atoms with Crippen LogP contribution in [0.3, 0.4) is 0 Å². The van der Waals surface area contributed by atoms with Crippen LogP contribution in [-0.4, -0.2) is 15.8 Å². The fourth-order valence-electron chi connectivity index (χ4n) is 1.82. The van der Waals surface area contributed by atoms with Crippen LogP contribution in [0.25, 0.3) is 6.08 Å². The molecule has 7 heteroatoms. The monoisotopic (exact) mass is 308 g/mol. The molecule has 0 aliphatic rings. The van der Waals surface area contributed by atoms with E-state index in [0.717, 1.165) is 0 Å². The number of nitro benzene ring substituents is 1. The molecule has 0 aliphatic carbocycles. The summed E-state index contributed by atoms with van der Waals surface area (Å²) in [7, 11) is 0. The van der Waals surface area contributed by atoms with Crippen molar-refractivity contribution in [1.82, 2.24) is 4.98 Å². The summed E-state index contributed by atoms with van der Waals surface area (Å²) < 4.78 is 0. The Kier molecular flexibility index (Phi) is 4.79. The Bertz CT molecular complexity index is 823. The van der Waals surface area contributed by atoms with E-state index in [1.54, 1.807) is 25.3 Å². The minimum Gasteiger partial charge on any atom is -0.321 e. The molecule has 0 fully saturated rings. The van der Waals surface area contributed by atoms with Crippen LogP contribution < -0.4 is 5.32 Å². The van der Waals surface area contributed by atoms with Gasteiger partial charge in [0, 0.05) is 24.5 Å². The smallest absolute Gasteiger partial charge is 0.271 e. The fraction of sp³-hybridized carbons (Fsp3) is 0.0625. The van der Waals surface area contributed by atoms with Crippen molar-refractivity contribution >= 4 is 23.4 Å². The van der Waals surface area contributed by atoms with Gasteiger partial charge in [0.1, 0.15) is 11.6 Å². The highest BCUT2D eigenvalue weighted by Crippen LogP contribution is 2.22.